The van der Waals surface area contributed by atoms with Gasteiger partial charge in [-0.2, -0.15) is 5.10 Å². The molecule has 1 aliphatic rings. The number of fused-ring (bicyclic) bond motifs is 1. The number of rotatable bonds is 3. The van der Waals surface area contributed by atoms with E-state index in [2.05, 4.69) is 30.1 Å². The number of imidazole rings is 1. The Morgan fingerprint density at radius 3 is 2.81 bits per heavy atom. The van der Waals surface area contributed by atoms with Crippen molar-refractivity contribution in [3.05, 3.63) is 48.5 Å². The van der Waals surface area contributed by atoms with Gasteiger partial charge in [0.2, 0.25) is 5.91 Å². The topological polar surface area (TPSA) is 56.0 Å². The number of carbonyl (C=O) groups excluding carboxylic acids is 1. The maximum Gasteiger partial charge on any atom is 0.245 e. The molecule has 1 amide bonds. The Morgan fingerprint density at radius 1 is 1.31 bits per heavy atom. The van der Waals surface area contributed by atoms with Crippen molar-refractivity contribution in [3.8, 4) is 0 Å². The predicted octanol–water partition coefficient (Wildman–Crippen LogP) is 2.98. The van der Waals surface area contributed by atoms with Gasteiger partial charge in [-0.05, 0) is 30.0 Å². The second-order valence-electron chi connectivity index (χ2n) is 8.02. The van der Waals surface area contributed by atoms with E-state index in [1.165, 1.54) is 5.56 Å². The molecular formula is C20H25N5O. The van der Waals surface area contributed by atoms with Crippen LogP contribution in [-0.4, -0.2) is 43.2 Å². The average Bonchev–Trinajstić information content (AvgIpc) is 3.30. The molecule has 2 aromatic heterocycles. The van der Waals surface area contributed by atoms with E-state index in [0.717, 1.165) is 24.1 Å². The molecule has 26 heavy (non-hydrogen) atoms. The van der Waals surface area contributed by atoms with Gasteiger partial charge in [-0.15, -0.1) is 0 Å². The molecule has 0 bridgehead atoms. The largest absolute Gasteiger partial charge is 0.340 e. The summed E-state index contributed by atoms with van der Waals surface area (Å²) in [7, 11) is 1.93. The highest BCUT2D eigenvalue weighted by Crippen LogP contribution is 2.42. The van der Waals surface area contributed by atoms with Gasteiger partial charge < -0.3 is 9.47 Å². The fourth-order valence-corrected chi connectivity index (χ4v) is 4.15. The van der Waals surface area contributed by atoms with Gasteiger partial charge in [0.05, 0.1) is 23.6 Å². The van der Waals surface area contributed by atoms with E-state index in [4.69, 9.17) is 0 Å². The summed E-state index contributed by atoms with van der Waals surface area (Å²) in [6.45, 7) is 7.90. The van der Waals surface area contributed by atoms with Crippen molar-refractivity contribution < 1.29 is 4.79 Å². The summed E-state index contributed by atoms with van der Waals surface area (Å²) >= 11 is 0. The number of carbonyl (C=O) groups is 1. The lowest BCUT2D eigenvalue weighted by molar-refractivity contribution is -0.133. The molecule has 0 saturated carbocycles. The zero-order chi connectivity index (χ0) is 18.5. The minimum absolute atomic E-state index is 0.0232. The summed E-state index contributed by atoms with van der Waals surface area (Å²) in [5.41, 5.74) is 3.14. The first-order valence-corrected chi connectivity index (χ1v) is 9.06. The van der Waals surface area contributed by atoms with Gasteiger partial charge in [-0.3, -0.25) is 9.48 Å². The number of aryl methyl sites for hydroxylation is 1. The van der Waals surface area contributed by atoms with Crippen molar-refractivity contribution in [2.45, 2.75) is 32.7 Å². The van der Waals surface area contributed by atoms with E-state index in [0.29, 0.717) is 5.92 Å². The number of nitrogens with zero attached hydrogens (tertiary/aromatic N) is 5. The number of likely N-dealkylation sites (tertiary alicyclic amines) is 1. The molecule has 1 saturated heterocycles. The number of aromatic nitrogens is 4. The van der Waals surface area contributed by atoms with Crippen molar-refractivity contribution in [1.82, 2.24) is 24.2 Å². The van der Waals surface area contributed by atoms with Crippen LogP contribution in [0.2, 0.25) is 0 Å². The first-order valence-electron chi connectivity index (χ1n) is 9.06. The highest BCUT2D eigenvalue weighted by molar-refractivity contribution is 5.84. The Balaban J connectivity index is 1.58. The lowest BCUT2D eigenvalue weighted by Crippen LogP contribution is -2.35. The molecule has 1 fully saturated rings. The number of amides is 1. The van der Waals surface area contributed by atoms with Gasteiger partial charge in [-0.25, -0.2) is 4.98 Å². The van der Waals surface area contributed by atoms with Gasteiger partial charge in [0.1, 0.15) is 6.04 Å². The molecule has 6 nitrogen and oxygen atoms in total. The molecule has 0 aliphatic carbocycles. The van der Waals surface area contributed by atoms with Crippen molar-refractivity contribution in [3.63, 3.8) is 0 Å². The second-order valence-corrected chi connectivity index (χ2v) is 8.02. The Hall–Kier alpha value is -2.63. The number of hydrogen-bond donors (Lipinski definition) is 0. The standard InChI is InChI=1S/C20H25N5O/c1-14(25-13-21-17-7-5-6-8-18(17)25)19(26)24-11-16(20(2,3)12-24)15-9-22-23(4)10-15/h5-10,13-14,16H,11-12H2,1-4H3. The molecule has 3 heterocycles. The van der Waals surface area contributed by atoms with Crippen LogP contribution in [0.15, 0.2) is 43.0 Å². The quantitative estimate of drug-likeness (QED) is 0.729. The second kappa shape index (κ2) is 5.97. The molecule has 1 aromatic carbocycles. The Bertz CT molecular complexity index is 954. The van der Waals surface area contributed by atoms with Crippen LogP contribution < -0.4 is 0 Å². The summed E-state index contributed by atoms with van der Waals surface area (Å²) < 4.78 is 3.80. The maximum atomic E-state index is 13.2. The highest BCUT2D eigenvalue weighted by Gasteiger charge is 2.43. The van der Waals surface area contributed by atoms with Crippen LogP contribution in [0.4, 0.5) is 0 Å². The fourth-order valence-electron chi connectivity index (χ4n) is 4.15. The number of hydrogen-bond acceptors (Lipinski definition) is 3. The highest BCUT2D eigenvalue weighted by atomic mass is 16.2. The third-order valence-corrected chi connectivity index (χ3v) is 5.64. The first kappa shape index (κ1) is 16.8. The van der Waals surface area contributed by atoms with Gasteiger partial charge in [0.15, 0.2) is 0 Å². The third-order valence-electron chi connectivity index (χ3n) is 5.64. The van der Waals surface area contributed by atoms with Gasteiger partial charge in [0.25, 0.3) is 0 Å². The van der Waals surface area contributed by atoms with Crippen molar-refractivity contribution in [2.75, 3.05) is 13.1 Å². The lowest BCUT2D eigenvalue weighted by Gasteiger charge is -2.25. The Labute approximate surface area is 153 Å². The Morgan fingerprint density at radius 2 is 2.08 bits per heavy atom. The smallest absolute Gasteiger partial charge is 0.245 e. The molecule has 0 N–H and O–H groups in total. The molecular weight excluding hydrogens is 326 g/mol. The molecule has 3 aromatic rings. The van der Waals surface area contributed by atoms with Crippen LogP contribution in [0.25, 0.3) is 11.0 Å². The summed E-state index contributed by atoms with van der Waals surface area (Å²) in [5, 5.41) is 4.31. The van der Waals surface area contributed by atoms with Crippen LogP contribution in [0.5, 0.6) is 0 Å². The van der Waals surface area contributed by atoms with E-state index in [9.17, 15) is 4.79 Å². The van der Waals surface area contributed by atoms with Gasteiger partial charge >= 0.3 is 0 Å². The van der Waals surface area contributed by atoms with Crippen molar-refractivity contribution >= 4 is 16.9 Å². The number of para-hydroxylation sites is 2. The third kappa shape index (κ3) is 2.69. The fraction of sp³-hybridized carbons (Fsp3) is 0.450. The molecule has 0 spiro atoms. The molecule has 0 radical (unpaired) electrons. The summed E-state index contributed by atoms with van der Waals surface area (Å²) in [5.74, 6) is 0.444. The van der Waals surface area contributed by atoms with E-state index in [1.807, 2.05) is 58.6 Å². The minimum Gasteiger partial charge on any atom is -0.340 e. The van der Waals surface area contributed by atoms with Gasteiger partial charge in [-0.1, -0.05) is 26.0 Å². The monoisotopic (exact) mass is 351 g/mol. The van der Waals surface area contributed by atoms with Crippen molar-refractivity contribution in [2.24, 2.45) is 12.5 Å². The van der Waals surface area contributed by atoms with E-state index >= 15 is 0 Å². The molecule has 2 atom stereocenters. The van der Waals surface area contributed by atoms with E-state index in [1.54, 1.807) is 6.33 Å². The van der Waals surface area contributed by atoms with Crippen LogP contribution in [-0.2, 0) is 11.8 Å². The first-order chi connectivity index (χ1) is 12.4. The summed E-state index contributed by atoms with van der Waals surface area (Å²) in [6, 6.07) is 7.66. The molecule has 6 heteroatoms. The number of benzene rings is 1. The minimum atomic E-state index is -0.272. The maximum absolute atomic E-state index is 13.2. The average molecular weight is 351 g/mol. The van der Waals surface area contributed by atoms with E-state index < -0.39 is 0 Å². The van der Waals surface area contributed by atoms with E-state index in [-0.39, 0.29) is 17.4 Å². The zero-order valence-corrected chi connectivity index (χ0v) is 15.8. The zero-order valence-electron chi connectivity index (χ0n) is 15.8. The van der Waals surface area contributed by atoms with Crippen LogP contribution >= 0.6 is 0 Å². The molecule has 2 unspecified atom stereocenters. The SMILES string of the molecule is CC(C(=O)N1CC(c2cnn(C)c2)C(C)(C)C1)n1cnc2ccccc21. The Kier molecular flexibility index (Phi) is 3.86. The van der Waals surface area contributed by atoms with Crippen LogP contribution in [0.3, 0.4) is 0 Å². The summed E-state index contributed by atoms with van der Waals surface area (Å²) in [6.07, 6.45) is 5.76. The normalized spacial score (nSPS) is 20.6. The van der Waals surface area contributed by atoms with Crippen molar-refractivity contribution in [1.29, 1.82) is 0 Å². The van der Waals surface area contributed by atoms with Gasteiger partial charge in [0, 0.05) is 32.3 Å². The predicted molar refractivity (Wildman–Crippen MR) is 101 cm³/mol. The summed E-state index contributed by atoms with van der Waals surface area (Å²) in [4.78, 5) is 19.6. The van der Waals surface area contributed by atoms with Crippen LogP contribution in [0.1, 0.15) is 38.3 Å². The molecule has 1 aliphatic heterocycles. The molecule has 136 valence electrons. The molecule has 4 rings (SSSR count). The van der Waals surface area contributed by atoms with Crippen LogP contribution in [0, 0.1) is 5.41 Å². The lowest BCUT2D eigenvalue weighted by atomic mass is 9.79.